The van der Waals surface area contributed by atoms with E-state index >= 15 is 0 Å². The van der Waals surface area contributed by atoms with Crippen LogP contribution in [0.15, 0.2) is 42.5 Å². The number of hydrogen-bond donors (Lipinski definition) is 0. The molecule has 0 aliphatic rings. The molecule has 0 aliphatic carbocycles. The maximum Gasteiger partial charge on any atom is -0.0254 e. The Morgan fingerprint density at radius 3 is 2.11 bits per heavy atom. The zero-order valence-electron chi connectivity index (χ0n) is 11.4. The quantitative estimate of drug-likeness (QED) is 0.655. The first-order valence-electron chi connectivity index (χ1n) is 6.53. The fourth-order valence-corrected chi connectivity index (χ4v) is 2.05. The summed E-state index contributed by atoms with van der Waals surface area (Å²) in [6, 6.07) is 15.3. The van der Waals surface area contributed by atoms with E-state index in [1.807, 2.05) is 0 Å². The highest BCUT2D eigenvalue weighted by Gasteiger charge is 1.96. The van der Waals surface area contributed by atoms with Gasteiger partial charge in [-0.1, -0.05) is 67.1 Å². The van der Waals surface area contributed by atoms with E-state index in [1.54, 1.807) is 0 Å². The van der Waals surface area contributed by atoms with Gasteiger partial charge >= 0.3 is 0 Å². The molecule has 0 unspecified atom stereocenters. The molecule has 0 aliphatic heterocycles. The van der Waals surface area contributed by atoms with E-state index in [4.69, 9.17) is 0 Å². The van der Waals surface area contributed by atoms with Crippen molar-refractivity contribution in [1.29, 1.82) is 0 Å². The summed E-state index contributed by atoms with van der Waals surface area (Å²) in [5.74, 6) is 0. The lowest BCUT2D eigenvalue weighted by molar-refractivity contribution is 1.11. The largest absolute Gasteiger partial charge is 0.0613 e. The molecule has 18 heavy (non-hydrogen) atoms. The molecular formula is C18H20. The van der Waals surface area contributed by atoms with Crippen LogP contribution in [0.2, 0.25) is 0 Å². The Bertz CT molecular complexity index is 545. The van der Waals surface area contributed by atoms with Crippen LogP contribution < -0.4 is 0 Å². The summed E-state index contributed by atoms with van der Waals surface area (Å²) in [6.45, 7) is 6.49. The second-order valence-corrected chi connectivity index (χ2v) is 4.78. The second-order valence-electron chi connectivity index (χ2n) is 4.78. The van der Waals surface area contributed by atoms with E-state index in [0.29, 0.717) is 0 Å². The van der Waals surface area contributed by atoms with Crippen LogP contribution in [0.1, 0.15) is 34.7 Å². The maximum absolute atomic E-state index is 2.28. The van der Waals surface area contributed by atoms with Crippen LogP contribution in [0.25, 0.3) is 12.2 Å². The third-order valence-corrected chi connectivity index (χ3v) is 3.30. The third-order valence-electron chi connectivity index (χ3n) is 3.30. The molecule has 0 radical (unpaired) electrons. The van der Waals surface area contributed by atoms with E-state index < -0.39 is 0 Å². The molecule has 2 aromatic rings. The van der Waals surface area contributed by atoms with Gasteiger partial charge in [-0.05, 0) is 42.5 Å². The molecule has 2 aromatic carbocycles. The first-order valence-corrected chi connectivity index (χ1v) is 6.53. The van der Waals surface area contributed by atoms with Gasteiger partial charge in [0.05, 0.1) is 0 Å². The predicted octanol–water partition coefficient (Wildman–Crippen LogP) is 5.04. The normalized spacial score (nSPS) is 11.1. The summed E-state index contributed by atoms with van der Waals surface area (Å²) in [4.78, 5) is 0. The van der Waals surface area contributed by atoms with Crippen LogP contribution in [0.3, 0.4) is 0 Å². The molecular weight excluding hydrogens is 216 g/mol. The summed E-state index contributed by atoms with van der Waals surface area (Å²) in [5.41, 5.74) is 6.64. The zero-order chi connectivity index (χ0) is 13.0. The van der Waals surface area contributed by atoms with Crippen molar-refractivity contribution >= 4 is 12.2 Å². The average Bonchev–Trinajstić information content (AvgIpc) is 2.39. The molecule has 92 valence electrons. The molecule has 0 heteroatoms. The maximum atomic E-state index is 2.28. The zero-order valence-corrected chi connectivity index (χ0v) is 11.4. The van der Waals surface area contributed by atoms with Gasteiger partial charge in [-0.2, -0.15) is 0 Å². The van der Waals surface area contributed by atoms with Crippen LogP contribution >= 0.6 is 0 Å². The number of aryl methyl sites for hydroxylation is 3. The molecule has 0 aromatic heterocycles. The molecule has 0 saturated carbocycles. The van der Waals surface area contributed by atoms with Crippen molar-refractivity contribution < 1.29 is 0 Å². The number of benzene rings is 2. The minimum atomic E-state index is 1.10. The molecule has 0 heterocycles. The van der Waals surface area contributed by atoms with Gasteiger partial charge in [-0.15, -0.1) is 0 Å². The molecule has 0 nitrogen and oxygen atoms in total. The monoisotopic (exact) mass is 236 g/mol. The van der Waals surface area contributed by atoms with E-state index in [-0.39, 0.29) is 0 Å². The van der Waals surface area contributed by atoms with E-state index in [0.717, 1.165) is 6.42 Å². The summed E-state index contributed by atoms with van der Waals surface area (Å²) in [7, 11) is 0. The van der Waals surface area contributed by atoms with E-state index in [1.165, 1.54) is 27.8 Å². The van der Waals surface area contributed by atoms with Gasteiger partial charge in [0.1, 0.15) is 0 Å². The molecule has 0 bridgehead atoms. The summed E-state index contributed by atoms with van der Waals surface area (Å²) in [5, 5.41) is 0. The van der Waals surface area contributed by atoms with Crippen LogP contribution in [-0.2, 0) is 6.42 Å². The Hall–Kier alpha value is -1.82. The lowest BCUT2D eigenvalue weighted by Crippen LogP contribution is -1.86. The van der Waals surface area contributed by atoms with Crippen LogP contribution in [-0.4, -0.2) is 0 Å². The molecule has 0 amide bonds. The number of rotatable bonds is 3. The molecule has 0 N–H and O–H groups in total. The first kappa shape index (κ1) is 12.6. The third kappa shape index (κ3) is 3.10. The molecule has 0 atom stereocenters. The minimum absolute atomic E-state index is 1.10. The molecule has 0 saturated heterocycles. The van der Waals surface area contributed by atoms with Gasteiger partial charge in [0.2, 0.25) is 0 Å². The van der Waals surface area contributed by atoms with Crippen LogP contribution in [0.4, 0.5) is 0 Å². The summed E-state index contributed by atoms with van der Waals surface area (Å²) in [6.07, 6.45) is 5.45. The van der Waals surface area contributed by atoms with Gasteiger partial charge in [0.15, 0.2) is 0 Å². The SMILES string of the molecule is CCc1cc(/C=C\c2ccc(C)cc2)ccc1C. The van der Waals surface area contributed by atoms with Crippen LogP contribution in [0, 0.1) is 13.8 Å². The topological polar surface area (TPSA) is 0 Å². The lowest BCUT2D eigenvalue weighted by atomic mass is 10.0. The van der Waals surface area contributed by atoms with Crippen LogP contribution in [0.5, 0.6) is 0 Å². The van der Waals surface area contributed by atoms with Crippen molar-refractivity contribution in [2.75, 3.05) is 0 Å². The Morgan fingerprint density at radius 2 is 1.44 bits per heavy atom. The molecule has 0 spiro atoms. The lowest BCUT2D eigenvalue weighted by Gasteiger charge is -2.04. The first-order chi connectivity index (χ1) is 8.69. The van der Waals surface area contributed by atoms with Gasteiger partial charge in [0, 0.05) is 0 Å². The Labute approximate surface area is 110 Å². The van der Waals surface area contributed by atoms with Crippen molar-refractivity contribution in [2.24, 2.45) is 0 Å². The predicted molar refractivity (Wildman–Crippen MR) is 80.7 cm³/mol. The highest BCUT2D eigenvalue weighted by Crippen LogP contribution is 2.15. The van der Waals surface area contributed by atoms with Crippen molar-refractivity contribution in [1.82, 2.24) is 0 Å². The van der Waals surface area contributed by atoms with Gasteiger partial charge < -0.3 is 0 Å². The molecule has 0 fully saturated rings. The summed E-state index contributed by atoms with van der Waals surface area (Å²) < 4.78 is 0. The fourth-order valence-electron chi connectivity index (χ4n) is 2.05. The summed E-state index contributed by atoms with van der Waals surface area (Å²) >= 11 is 0. The smallest absolute Gasteiger partial charge is 0.0254 e. The fraction of sp³-hybridized carbons (Fsp3) is 0.222. The Balaban J connectivity index is 2.20. The Kier molecular flexibility index (Phi) is 3.99. The Morgan fingerprint density at radius 1 is 0.833 bits per heavy atom. The highest BCUT2D eigenvalue weighted by atomic mass is 14.0. The van der Waals surface area contributed by atoms with Gasteiger partial charge in [0.25, 0.3) is 0 Å². The number of hydrogen-bond acceptors (Lipinski definition) is 0. The van der Waals surface area contributed by atoms with E-state index in [2.05, 4.69) is 75.4 Å². The van der Waals surface area contributed by atoms with Crippen molar-refractivity contribution in [2.45, 2.75) is 27.2 Å². The standard InChI is InChI=1S/C18H20/c1-4-18-13-17(10-7-15(18)3)12-11-16-8-5-14(2)6-9-16/h5-13H,4H2,1-3H3/b12-11-. The second kappa shape index (κ2) is 5.68. The highest BCUT2D eigenvalue weighted by molar-refractivity contribution is 5.70. The minimum Gasteiger partial charge on any atom is -0.0613 e. The van der Waals surface area contributed by atoms with Crippen molar-refractivity contribution in [3.05, 3.63) is 70.3 Å². The molecule has 2 rings (SSSR count). The van der Waals surface area contributed by atoms with Gasteiger partial charge in [-0.25, -0.2) is 0 Å². The van der Waals surface area contributed by atoms with E-state index in [9.17, 15) is 0 Å². The van der Waals surface area contributed by atoms with Gasteiger partial charge in [-0.3, -0.25) is 0 Å². The average molecular weight is 236 g/mol. The van der Waals surface area contributed by atoms with Crippen molar-refractivity contribution in [3.63, 3.8) is 0 Å². The van der Waals surface area contributed by atoms with Crippen molar-refractivity contribution in [3.8, 4) is 0 Å².